The molecule has 3 atom stereocenters. The Bertz CT molecular complexity index is 403. The topological polar surface area (TPSA) is 55.8 Å². The molecule has 0 radical (unpaired) electrons. The highest BCUT2D eigenvalue weighted by molar-refractivity contribution is 6.13. The lowest BCUT2D eigenvalue weighted by atomic mass is 10.1. The summed E-state index contributed by atoms with van der Waals surface area (Å²) in [5.74, 6) is -0.457. The number of carbonyl (C=O) groups excluding carboxylic acids is 2. The van der Waals surface area contributed by atoms with Crippen LogP contribution in [-0.2, 0) is 19.1 Å². The molecule has 3 unspecified atom stereocenters. The van der Waals surface area contributed by atoms with E-state index < -0.39 is 0 Å². The highest BCUT2D eigenvalue weighted by atomic mass is 16.5. The Labute approximate surface area is 132 Å². The lowest BCUT2D eigenvalue weighted by molar-refractivity contribution is -0.145. The van der Waals surface area contributed by atoms with Crippen molar-refractivity contribution in [3.8, 4) is 0 Å². The van der Waals surface area contributed by atoms with Crippen molar-refractivity contribution < 1.29 is 19.1 Å². The van der Waals surface area contributed by atoms with E-state index in [0.29, 0.717) is 13.2 Å². The molecule has 1 aliphatic carbocycles. The summed E-state index contributed by atoms with van der Waals surface area (Å²) < 4.78 is 12.0. The Kier molecular flexibility index (Phi) is 6.58. The third-order valence-corrected chi connectivity index (χ3v) is 4.31. The van der Waals surface area contributed by atoms with E-state index in [0.717, 1.165) is 38.5 Å². The molecular formula is C17H27NO4. The van der Waals surface area contributed by atoms with Gasteiger partial charge in [0.1, 0.15) is 6.10 Å². The van der Waals surface area contributed by atoms with Crippen LogP contribution in [0.2, 0.25) is 0 Å². The quantitative estimate of drug-likeness (QED) is 0.485. The van der Waals surface area contributed by atoms with Crippen LogP contribution in [0.4, 0.5) is 0 Å². The van der Waals surface area contributed by atoms with Crippen molar-refractivity contribution in [1.29, 1.82) is 0 Å². The fraction of sp³-hybridized carbons (Fsp3) is 0.765. The minimum Gasteiger partial charge on any atom is -0.375 e. The molecule has 1 heterocycles. The second-order valence-electron chi connectivity index (χ2n) is 5.98. The summed E-state index contributed by atoms with van der Waals surface area (Å²) >= 11 is 0. The first-order chi connectivity index (χ1) is 10.7. The molecule has 0 aromatic carbocycles. The SMILES string of the molecule is CCCCOC1CCC(N2C(=O)C=CC2=O)C1OCCCC. The molecule has 2 amide bonds. The summed E-state index contributed by atoms with van der Waals surface area (Å²) in [5.41, 5.74) is 0. The zero-order valence-electron chi connectivity index (χ0n) is 13.6. The van der Waals surface area contributed by atoms with Gasteiger partial charge in [-0.2, -0.15) is 0 Å². The van der Waals surface area contributed by atoms with E-state index in [1.807, 2.05) is 0 Å². The molecule has 124 valence electrons. The van der Waals surface area contributed by atoms with Crippen molar-refractivity contribution in [2.45, 2.75) is 70.6 Å². The van der Waals surface area contributed by atoms with E-state index >= 15 is 0 Å². The largest absolute Gasteiger partial charge is 0.375 e. The van der Waals surface area contributed by atoms with Gasteiger partial charge in [-0.05, 0) is 25.7 Å². The molecule has 0 spiro atoms. The van der Waals surface area contributed by atoms with Gasteiger partial charge in [0.05, 0.1) is 12.1 Å². The van der Waals surface area contributed by atoms with Gasteiger partial charge < -0.3 is 9.47 Å². The van der Waals surface area contributed by atoms with Crippen LogP contribution in [0.15, 0.2) is 12.2 Å². The molecular weight excluding hydrogens is 282 g/mol. The minimum atomic E-state index is -0.228. The average molecular weight is 309 g/mol. The van der Waals surface area contributed by atoms with Crippen molar-refractivity contribution in [3.63, 3.8) is 0 Å². The van der Waals surface area contributed by atoms with E-state index in [1.54, 1.807) is 0 Å². The van der Waals surface area contributed by atoms with Crippen LogP contribution in [0.25, 0.3) is 0 Å². The van der Waals surface area contributed by atoms with Crippen molar-refractivity contribution in [2.75, 3.05) is 13.2 Å². The summed E-state index contributed by atoms with van der Waals surface area (Å²) in [6, 6.07) is -0.196. The van der Waals surface area contributed by atoms with Crippen LogP contribution in [0.1, 0.15) is 52.4 Å². The molecule has 0 aromatic heterocycles. The molecule has 1 saturated carbocycles. The predicted octanol–water partition coefficient (Wildman–Crippen LogP) is 2.44. The van der Waals surface area contributed by atoms with Crippen LogP contribution in [0.3, 0.4) is 0 Å². The van der Waals surface area contributed by atoms with E-state index in [-0.39, 0.29) is 30.1 Å². The standard InChI is InChI=1S/C17H27NO4/c1-3-5-11-21-14-8-7-13(17(14)22-12-6-4-2)18-15(19)9-10-16(18)20/h9-10,13-14,17H,3-8,11-12H2,1-2H3. The van der Waals surface area contributed by atoms with Crippen molar-refractivity contribution in [3.05, 3.63) is 12.2 Å². The molecule has 0 aromatic rings. The van der Waals surface area contributed by atoms with Crippen LogP contribution in [0, 0.1) is 0 Å². The number of nitrogens with zero attached hydrogens (tertiary/aromatic N) is 1. The maximum atomic E-state index is 11.9. The number of imide groups is 1. The first-order valence-electron chi connectivity index (χ1n) is 8.47. The van der Waals surface area contributed by atoms with Crippen LogP contribution < -0.4 is 0 Å². The number of ether oxygens (including phenoxy) is 2. The van der Waals surface area contributed by atoms with Gasteiger partial charge in [-0.15, -0.1) is 0 Å². The Morgan fingerprint density at radius 1 is 1.00 bits per heavy atom. The maximum absolute atomic E-state index is 11.9. The second-order valence-corrected chi connectivity index (χ2v) is 5.98. The van der Waals surface area contributed by atoms with Gasteiger partial charge in [0.25, 0.3) is 11.8 Å². The van der Waals surface area contributed by atoms with E-state index in [1.165, 1.54) is 17.1 Å². The second kappa shape index (κ2) is 8.44. The molecule has 0 bridgehead atoms. The Morgan fingerprint density at radius 3 is 2.18 bits per heavy atom. The summed E-state index contributed by atoms with van der Waals surface area (Å²) in [5, 5.41) is 0. The minimum absolute atomic E-state index is 0.0189. The van der Waals surface area contributed by atoms with Gasteiger partial charge in [0, 0.05) is 25.4 Å². The van der Waals surface area contributed by atoms with Crippen LogP contribution in [0.5, 0.6) is 0 Å². The van der Waals surface area contributed by atoms with E-state index in [9.17, 15) is 9.59 Å². The molecule has 1 aliphatic heterocycles. The number of hydrogen-bond donors (Lipinski definition) is 0. The highest BCUT2D eigenvalue weighted by Crippen LogP contribution is 2.31. The lowest BCUT2D eigenvalue weighted by Gasteiger charge is -2.30. The first kappa shape index (κ1) is 17.2. The third kappa shape index (κ3) is 3.96. The van der Waals surface area contributed by atoms with Gasteiger partial charge >= 0.3 is 0 Å². The van der Waals surface area contributed by atoms with Crippen molar-refractivity contribution in [1.82, 2.24) is 4.90 Å². The van der Waals surface area contributed by atoms with Crippen LogP contribution in [-0.4, -0.2) is 48.2 Å². The summed E-state index contributed by atoms with van der Waals surface area (Å²) in [4.78, 5) is 25.2. The molecule has 5 nitrogen and oxygen atoms in total. The number of hydrogen-bond acceptors (Lipinski definition) is 4. The smallest absolute Gasteiger partial charge is 0.253 e. The monoisotopic (exact) mass is 309 g/mol. The van der Waals surface area contributed by atoms with Crippen molar-refractivity contribution in [2.24, 2.45) is 0 Å². The third-order valence-electron chi connectivity index (χ3n) is 4.31. The van der Waals surface area contributed by atoms with Crippen molar-refractivity contribution >= 4 is 11.8 Å². The zero-order valence-corrected chi connectivity index (χ0v) is 13.6. The average Bonchev–Trinajstić information content (AvgIpc) is 3.04. The summed E-state index contributed by atoms with van der Waals surface area (Å²) in [7, 11) is 0. The molecule has 0 saturated heterocycles. The Hall–Kier alpha value is -1.20. The molecule has 2 rings (SSSR count). The van der Waals surface area contributed by atoms with Gasteiger partial charge in [0.2, 0.25) is 0 Å². The normalized spacial score (nSPS) is 28.1. The Balaban J connectivity index is 2.00. The number of unbranched alkanes of at least 4 members (excludes halogenated alkanes) is 2. The fourth-order valence-corrected chi connectivity index (χ4v) is 3.07. The number of rotatable bonds is 9. The number of amides is 2. The van der Waals surface area contributed by atoms with Gasteiger partial charge in [0.15, 0.2) is 0 Å². The van der Waals surface area contributed by atoms with E-state index in [2.05, 4.69) is 13.8 Å². The lowest BCUT2D eigenvalue weighted by Crippen LogP contribution is -2.48. The molecule has 1 fully saturated rings. The van der Waals surface area contributed by atoms with Gasteiger partial charge in [-0.25, -0.2) is 0 Å². The zero-order chi connectivity index (χ0) is 15.9. The Morgan fingerprint density at radius 2 is 1.59 bits per heavy atom. The van der Waals surface area contributed by atoms with Gasteiger partial charge in [-0.1, -0.05) is 26.7 Å². The first-order valence-corrected chi connectivity index (χ1v) is 8.47. The predicted molar refractivity (Wildman–Crippen MR) is 83.3 cm³/mol. The molecule has 22 heavy (non-hydrogen) atoms. The summed E-state index contributed by atoms with van der Waals surface area (Å²) in [6.45, 7) is 5.60. The highest BCUT2D eigenvalue weighted by Gasteiger charge is 2.45. The van der Waals surface area contributed by atoms with E-state index in [4.69, 9.17) is 9.47 Å². The molecule has 0 N–H and O–H groups in total. The fourth-order valence-electron chi connectivity index (χ4n) is 3.07. The van der Waals surface area contributed by atoms with Gasteiger partial charge in [-0.3, -0.25) is 14.5 Å². The molecule has 5 heteroatoms. The molecule has 2 aliphatic rings. The maximum Gasteiger partial charge on any atom is 0.253 e. The summed E-state index contributed by atoms with van der Waals surface area (Å²) in [6.07, 6.45) is 8.21. The number of carbonyl (C=O) groups is 2. The van der Waals surface area contributed by atoms with Crippen LogP contribution >= 0.6 is 0 Å².